The second-order valence-electron chi connectivity index (χ2n) is 3.55. The molecule has 0 bridgehead atoms. The van der Waals surface area contributed by atoms with Crippen molar-refractivity contribution in [3.05, 3.63) is 50.6 Å². The number of rotatable bonds is 4. The maximum atomic E-state index is 11.8. The highest BCUT2D eigenvalue weighted by molar-refractivity contribution is 9.10. The predicted octanol–water partition coefficient (Wildman–Crippen LogP) is 4.08. The van der Waals surface area contributed by atoms with Crippen molar-refractivity contribution in [3.63, 3.8) is 0 Å². The summed E-state index contributed by atoms with van der Waals surface area (Å²) < 4.78 is 6.33. The Bertz CT molecular complexity index is 534. The van der Waals surface area contributed by atoms with Crippen LogP contribution in [0.15, 0.2) is 40.9 Å². The van der Waals surface area contributed by atoms with E-state index in [0.717, 1.165) is 14.2 Å². The summed E-state index contributed by atoms with van der Waals surface area (Å²) in [4.78, 5) is 13.7. The van der Waals surface area contributed by atoms with Gasteiger partial charge in [-0.15, -0.1) is 11.3 Å². The summed E-state index contributed by atoms with van der Waals surface area (Å²) in [6, 6.07) is 11.3. The Morgan fingerprint density at radius 3 is 2.71 bits per heavy atom. The molecular weight excluding hydrogens is 300 g/mol. The van der Waals surface area contributed by atoms with Crippen molar-refractivity contribution in [2.24, 2.45) is 0 Å². The van der Waals surface area contributed by atoms with Crippen LogP contribution >= 0.6 is 27.3 Å². The normalized spacial score (nSPS) is 10.2. The lowest BCUT2D eigenvalue weighted by molar-refractivity contribution is 0.0925. The van der Waals surface area contributed by atoms with Gasteiger partial charge in [-0.1, -0.05) is 12.1 Å². The van der Waals surface area contributed by atoms with Crippen LogP contribution in [0.5, 0.6) is 5.75 Å². The molecule has 1 heterocycles. The van der Waals surface area contributed by atoms with Crippen molar-refractivity contribution < 1.29 is 9.53 Å². The zero-order chi connectivity index (χ0) is 12.3. The summed E-state index contributed by atoms with van der Waals surface area (Å²) in [6.45, 7) is 2.05. The van der Waals surface area contributed by atoms with Crippen LogP contribution in [0.3, 0.4) is 0 Å². The number of thiophene rings is 1. The molecule has 0 saturated carbocycles. The van der Waals surface area contributed by atoms with Crippen LogP contribution in [-0.2, 0) is 0 Å². The van der Waals surface area contributed by atoms with Crippen LogP contribution < -0.4 is 4.74 Å². The summed E-state index contributed by atoms with van der Waals surface area (Å²) in [5.41, 5.74) is 0. The van der Waals surface area contributed by atoms with Crippen molar-refractivity contribution in [2.45, 2.75) is 6.92 Å². The zero-order valence-electron chi connectivity index (χ0n) is 9.27. The van der Waals surface area contributed by atoms with Crippen molar-refractivity contribution in [2.75, 3.05) is 6.61 Å². The van der Waals surface area contributed by atoms with E-state index in [2.05, 4.69) is 15.9 Å². The van der Waals surface area contributed by atoms with Crippen molar-refractivity contribution in [3.8, 4) is 5.75 Å². The van der Waals surface area contributed by atoms with Crippen LogP contribution in [0.25, 0.3) is 0 Å². The summed E-state index contributed by atoms with van der Waals surface area (Å²) >= 11 is 4.87. The molecule has 2 rings (SSSR count). The van der Waals surface area contributed by atoms with Crippen LogP contribution in [0.2, 0.25) is 0 Å². The van der Waals surface area contributed by atoms with Gasteiger partial charge in [0, 0.05) is 4.88 Å². The van der Waals surface area contributed by atoms with Gasteiger partial charge in [0.25, 0.3) is 0 Å². The third kappa shape index (κ3) is 3.17. The zero-order valence-corrected chi connectivity index (χ0v) is 11.7. The van der Waals surface area contributed by atoms with Gasteiger partial charge < -0.3 is 4.74 Å². The second kappa shape index (κ2) is 5.47. The van der Waals surface area contributed by atoms with Gasteiger partial charge in [0.15, 0.2) is 6.61 Å². The highest BCUT2D eigenvalue weighted by Crippen LogP contribution is 2.24. The minimum Gasteiger partial charge on any atom is -0.484 e. The monoisotopic (exact) mass is 310 g/mol. The van der Waals surface area contributed by atoms with E-state index < -0.39 is 0 Å². The number of hydrogen-bond acceptors (Lipinski definition) is 3. The van der Waals surface area contributed by atoms with Gasteiger partial charge in [-0.2, -0.15) is 0 Å². The first-order valence-corrected chi connectivity index (χ1v) is 6.75. The van der Waals surface area contributed by atoms with Crippen molar-refractivity contribution >= 4 is 33.0 Å². The Morgan fingerprint density at radius 2 is 2.06 bits per heavy atom. The number of hydrogen-bond donors (Lipinski definition) is 0. The first kappa shape index (κ1) is 12.3. The van der Waals surface area contributed by atoms with E-state index in [1.807, 2.05) is 43.3 Å². The first-order valence-electron chi connectivity index (χ1n) is 5.14. The second-order valence-corrected chi connectivity index (χ2v) is 5.69. The minimum absolute atomic E-state index is 0.0128. The Labute approximate surface area is 112 Å². The molecule has 1 aromatic carbocycles. The van der Waals surface area contributed by atoms with E-state index in [-0.39, 0.29) is 12.4 Å². The molecule has 17 heavy (non-hydrogen) atoms. The topological polar surface area (TPSA) is 26.3 Å². The molecule has 2 aromatic rings. The molecule has 0 aliphatic carbocycles. The molecule has 4 heteroatoms. The fourth-order valence-corrected chi connectivity index (χ4v) is 2.55. The average Bonchev–Trinajstić information content (AvgIpc) is 2.74. The molecule has 88 valence electrons. The van der Waals surface area contributed by atoms with Crippen LogP contribution in [0.1, 0.15) is 14.5 Å². The average molecular weight is 311 g/mol. The maximum absolute atomic E-state index is 11.8. The van der Waals surface area contributed by atoms with Gasteiger partial charge >= 0.3 is 0 Å². The number of benzene rings is 1. The smallest absolute Gasteiger partial charge is 0.210 e. The number of ether oxygens (including phenoxy) is 1. The Morgan fingerprint density at radius 1 is 1.29 bits per heavy atom. The Balaban J connectivity index is 1.99. The van der Waals surface area contributed by atoms with Crippen LogP contribution in [0, 0.1) is 6.92 Å². The van der Waals surface area contributed by atoms with Crippen molar-refractivity contribution in [1.29, 1.82) is 0 Å². The molecule has 1 aromatic heterocycles. The SMILES string of the molecule is Cc1ccc(C(=O)COc2ccccc2Br)s1. The summed E-state index contributed by atoms with van der Waals surface area (Å²) in [5.74, 6) is 0.702. The summed E-state index contributed by atoms with van der Waals surface area (Å²) in [5, 5.41) is 0. The van der Waals surface area contributed by atoms with Gasteiger partial charge in [0.1, 0.15) is 5.75 Å². The highest BCUT2D eigenvalue weighted by Gasteiger charge is 2.09. The fraction of sp³-hybridized carbons (Fsp3) is 0.154. The van der Waals surface area contributed by atoms with Crippen molar-refractivity contribution in [1.82, 2.24) is 0 Å². The molecular formula is C13H11BrO2S. The molecule has 0 fully saturated rings. The molecule has 0 spiro atoms. The molecule has 0 radical (unpaired) electrons. The van der Waals surface area contributed by atoms with E-state index in [9.17, 15) is 4.79 Å². The van der Waals surface area contributed by atoms with E-state index in [0.29, 0.717) is 5.75 Å². The van der Waals surface area contributed by atoms with Gasteiger partial charge in [0.05, 0.1) is 9.35 Å². The quantitative estimate of drug-likeness (QED) is 0.795. The number of Topliss-reactive ketones (excluding diaryl/α,β-unsaturated/α-hetero) is 1. The number of carbonyl (C=O) groups is 1. The fourth-order valence-electron chi connectivity index (χ4n) is 1.36. The molecule has 0 aliphatic rings. The molecule has 0 saturated heterocycles. The van der Waals surface area contributed by atoms with Gasteiger partial charge in [-0.05, 0) is 47.1 Å². The maximum Gasteiger partial charge on any atom is 0.210 e. The van der Waals surface area contributed by atoms with E-state index in [4.69, 9.17) is 4.74 Å². The highest BCUT2D eigenvalue weighted by atomic mass is 79.9. The number of ketones is 1. The van der Waals surface area contributed by atoms with E-state index >= 15 is 0 Å². The largest absolute Gasteiger partial charge is 0.484 e. The van der Waals surface area contributed by atoms with Gasteiger partial charge in [0.2, 0.25) is 5.78 Å². The number of aryl methyl sites for hydroxylation is 1. The van der Waals surface area contributed by atoms with E-state index in [1.54, 1.807) is 0 Å². The lowest BCUT2D eigenvalue weighted by Crippen LogP contribution is -2.10. The summed E-state index contributed by atoms with van der Waals surface area (Å²) in [6.07, 6.45) is 0. The molecule has 0 amide bonds. The first-order chi connectivity index (χ1) is 8.16. The Kier molecular flexibility index (Phi) is 3.97. The third-order valence-corrected chi connectivity index (χ3v) is 3.91. The van der Waals surface area contributed by atoms with Gasteiger partial charge in [-0.25, -0.2) is 0 Å². The van der Waals surface area contributed by atoms with Gasteiger partial charge in [-0.3, -0.25) is 4.79 Å². The summed E-state index contributed by atoms with van der Waals surface area (Å²) in [7, 11) is 0. The standard InChI is InChI=1S/C13H11BrO2S/c1-9-6-7-13(17-9)11(15)8-16-12-5-3-2-4-10(12)14/h2-7H,8H2,1H3. The Hall–Kier alpha value is -1.13. The third-order valence-electron chi connectivity index (χ3n) is 2.21. The lowest BCUT2D eigenvalue weighted by Gasteiger charge is -2.06. The minimum atomic E-state index is 0.0128. The molecule has 0 N–H and O–H groups in total. The van der Waals surface area contributed by atoms with Crippen LogP contribution in [-0.4, -0.2) is 12.4 Å². The molecule has 0 aliphatic heterocycles. The molecule has 0 unspecified atom stereocenters. The van der Waals surface area contributed by atoms with Crippen LogP contribution in [0.4, 0.5) is 0 Å². The lowest BCUT2D eigenvalue weighted by atomic mass is 10.3. The van der Waals surface area contributed by atoms with E-state index in [1.165, 1.54) is 11.3 Å². The number of halogens is 1. The molecule has 2 nitrogen and oxygen atoms in total. The molecule has 0 atom stereocenters. The number of para-hydroxylation sites is 1. The predicted molar refractivity (Wildman–Crippen MR) is 73.0 cm³/mol. The number of carbonyl (C=O) groups excluding carboxylic acids is 1.